The molecule has 78 valence electrons. The lowest BCUT2D eigenvalue weighted by atomic mass is 9.79. The van der Waals surface area contributed by atoms with E-state index < -0.39 is 0 Å². The second kappa shape index (κ2) is 4.13. The zero-order valence-electron chi connectivity index (χ0n) is 9.03. The molecule has 0 aliphatic heterocycles. The van der Waals surface area contributed by atoms with Crippen LogP contribution >= 0.6 is 0 Å². The summed E-state index contributed by atoms with van der Waals surface area (Å²) in [4.78, 5) is 4.37. The lowest BCUT2D eigenvalue weighted by molar-refractivity contribution is 0.176. The smallest absolute Gasteiger partial charge is 0.108 e. The van der Waals surface area contributed by atoms with Gasteiger partial charge in [0.25, 0.3) is 0 Å². The van der Waals surface area contributed by atoms with Gasteiger partial charge in [0.15, 0.2) is 0 Å². The Bertz CT molecular complexity index is 292. The molecule has 0 bridgehead atoms. The van der Waals surface area contributed by atoms with Crippen LogP contribution in [0.15, 0.2) is 12.4 Å². The third kappa shape index (κ3) is 1.57. The normalized spacial score (nSPS) is 26.1. The van der Waals surface area contributed by atoms with Crippen molar-refractivity contribution >= 4 is 0 Å². The highest BCUT2D eigenvalue weighted by Crippen LogP contribution is 2.38. The number of nitrogens with zero attached hydrogens (tertiary/aromatic N) is 2. The summed E-state index contributed by atoms with van der Waals surface area (Å²) in [5.41, 5.74) is 0. The van der Waals surface area contributed by atoms with Gasteiger partial charge in [-0.15, -0.1) is 0 Å². The fraction of sp³-hybridized carbons (Fsp3) is 0.727. The van der Waals surface area contributed by atoms with E-state index in [0.717, 1.165) is 18.9 Å². The van der Waals surface area contributed by atoms with Gasteiger partial charge in [-0.3, -0.25) is 0 Å². The van der Waals surface area contributed by atoms with Crippen LogP contribution in [0.5, 0.6) is 0 Å². The molecule has 0 saturated heterocycles. The Balaban J connectivity index is 2.07. The summed E-state index contributed by atoms with van der Waals surface area (Å²) in [5, 5.41) is 3.27. The first-order valence-corrected chi connectivity index (χ1v) is 5.53. The van der Waals surface area contributed by atoms with Gasteiger partial charge in [0.05, 0.1) is 0 Å². The molecule has 0 radical (unpaired) electrons. The molecule has 2 unspecified atom stereocenters. The number of aromatic nitrogens is 2. The standard InChI is InChI=1S/C11H19N3/c1-3-11-13-6-7-14(11)10-5-4-9(10)8-12-2/h6-7,9-10,12H,3-5,8H2,1-2H3. The van der Waals surface area contributed by atoms with Crippen LogP contribution < -0.4 is 5.32 Å². The van der Waals surface area contributed by atoms with Gasteiger partial charge < -0.3 is 9.88 Å². The van der Waals surface area contributed by atoms with Crippen molar-refractivity contribution < 1.29 is 0 Å². The highest BCUT2D eigenvalue weighted by atomic mass is 15.1. The van der Waals surface area contributed by atoms with Crippen LogP contribution in [-0.2, 0) is 6.42 Å². The third-order valence-corrected chi connectivity index (χ3v) is 3.27. The number of hydrogen-bond acceptors (Lipinski definition) is 2. The molecule has 0 amide bonds. The van der Waals surface area contributed by atoms with Gasteiger partial charge in [-0.05, 0) is 32.4 Å². The Labute approximate surface area is 85.5 Å². The van der Waals surface area contributed by atoms with E-state index in [-0.39, 0.29) is 0 Å². The van der Waals surface area contributed by atoms with Crippen LogP contribution in [0.1, 0.15) is 31.6 Å². The summed E-state index contributed by atoms with van der Waals surface area (Å²) in [5.74, 6) is 2.04. The van der Waals surface area contributed by atoms with E-state index in [0.29, 0.717) is 6.04 Å². The Hall–Kier alpha value is -0.830. The molecule has 14 heavy (non-hydrogen) atoms. The Morgan fingerprint density at radius 1 is 1.57 bits per heavy atom. The zero-order valence-corrected chi connectivity index (χ0v) is 9.03. The molecule has 2 rings (SSSR count). The lowest BCUT2D eigenvalue weighted by Crippen LogP contribution is -2.36. The van der Waals surface area contributed by atoms with Crippen molar-refractivity contribution in [1.29, 1.82) is 0 Å². The summed E-state index contributed by atoms with van der Waals surface area (Å²) < 4.78 is 2.37. The molecule has 0 spiro atoms. The minimum Gasteiger partial charge on any atom is -0.332 e. The van der Waals surface area contributed by atoms with Gasteiger partial charge in [-0.25, -0.2) is 4.98 Å². The summed E-state index contributed by atoms with van der Waals surface area (Å²) in [6.07, 6.45) is 7.76. The quantitative estimate of drug-likeness (QED) is 0.787. The maximum atomic E-state index is 4.37. The average molecular weight is 193 g/mol. The molecule has 0 aromatic carbocycles. The molecular formula is C11H19N3. The molecule has 1 aliphatic rings. The monoisotopic (exact) mass is 193 g/mol. The highest BCUT2D eigenvalue weighted by molar-refractivity contribution is 4.99. The maximum absolute atomic E-state index is 4.37. The van der Waals surface area contributed by atoms with Gasteiger partial charge in [-0.2, -0.15) is 0 Å². The highest BCUT2D eigenvalue weighted by Gasteiger charge is 2.32. The molecule has 1 aromatic heterocycles. The first-order chi connectivity index (χ1) is 6.86. The second-order valence-electron chi connectivity index (χ2n) is 4.07. The van der Waals surface area contributed by atoms with Crippen molar-refractivity contribution in [2.45, 2.75) is 32.2 Å². The maximum Gasteiger partial charge on any atom is 0.108 e. The lowest BCUT2D eigenvalue weighted by Gasteiger charge is -2.38. The predicted octanol–water partition coefficient (Wildman–Crippen LogP) is 1.62. The summed E-state index contributed by atoms with van der Waals surface area (Å²) in [6, 6.07) is 0.694. The predicted molar refractivity (Wildman–Crippen MR) is 57.3 cm³/mol. The van der Waals surface area contributed by atoms with Crippen molar-refractivity contribution in [3.8, 4) is 0 Å². The fourth-order valence-electron chi connectivity index (χ4n) is 2.34. The first kappa shape index (κ1) is 9.71. The van der Waals surface area contributed by atoms with E-state index in [2.05, 4.69) is 28.0 Å². The molecule has 1 N–H and O–H groups in total. The fourth-order valence-corrected chi connectivity index (χ4v) is 2.34. The summed E-state index contributed by atoms with van der Waals surface area (Å²) in [7, 11) is 2.03. The van der Waals surface area contributed by atoms with E-state index in [1.165, 1.54) is 18.7 Å². The van der Waals surface area contributed by atoms with E-state index in [1.54, 1.807) is 0 Å². The largest absolute Gasteiger partial charge is 0.332 e. The molecular weight excluding hydrogens is 174 g/mol. The molecule has 1 aliphatic carbocycles. The van der Waals surface area contributed by atoms with Crippen molar-refractivity contribution in [2.24, 2.45) is 5.92 Å². The van der Waals surface area contributed by atoms with Crippen LogP contribution in [0.4, 0.5) is 0 Å². The van der Waals surface area contributed by atoms with E-state index in [4.69, 9.17) is 0 Å². The topological polar surface area (TPSA) is 29.9 Å². The molecule has 3 nitrogen and oxygen atoms in total. The summed E-state index contributed by atoms with van der Waals surface area (Å²) >= 11 is 0. The SMILES string of the molecule is CCc1nccn1C1CCC1CNC. The average Bonchev–Trinajstić information content (AvgIpc) is 2.60. The van der Waals surface area contributed by atoms with Crippen molar-refractivity contribution in [3.63, 3.8) is 0 Å². The number of aryl methyl sites for hydroxylation is 1. The van der Waals surface area contributed by atoms with Gasteiger partial charge in [0, 0.05) is 24.9 Å². The molecule has 1 aromatic rings. The minimum absolute atomic E-state index is 0.694. The van der Waals surface area contributed by atoms with Crippen molar-refractivity contribution in [2.75, 3.05) is 13.6 Å². The Kier molecular flexibility index (Phi) is 2.87. The number of rotatable bonds is 4. The molecule has 2 atom stereocenters. The number of nitrogens with one attached hydrogen (secondary N) is 1. The first-order valence-electron chi connectivity index (χ1n) is 5.53. The van der Waals surface area contributed by atoms with E-state index in [1.807, 2.05) is 13.2 Å². The minimum atomic E-state index is 0.694. The van der Waals surface area contributed by atoms with Crippen molar-refractivity contribution in [3.05, 3.63) is 18.2 Å². The van der Waals surface area contributed by atoms with Gasteiger partial charge in [-0.1, -0.05) is 6.92 Å². The van der Waals surface area contributed by atoms with Crippen LogP contribution in [0.2, 0.25) is 0 Å². The zero-order chi connectivity index (χ0) is 9.97. The second-order valence-corrected chi connectivity index (χ2v) is 4.07. The molecule has 1 saturated carbocycles. The van der Waals surface area contributed by atoms with Crippen LogP contribution in [0.25, 0.3) is 0 Å². The number of imidazole rings is 1. The van der Waals surface area contributed by atoms with Crippen LogP contribution in [0, 0.1) is 5.92 Å². The van der Waals surface area contributed by atoms with Gasteiger partial charge in [0.1, 0.15) is 5.82 Å². The van der Waals surface area contributed by atoms with Crippen LogP contribution in [0.3, 0.4) is 0 Å². The van der Waals surface area contributed by atoms with Crippen LogP contribution in [-0.4, -0.2) is 23.1 Å². The van der Waals surface area contributed by atoms with Gasteiger partial charge in [0.2, 0.25) is 0 Å². The van der Waals surface area contributed by atoms with E-state index >= 15 is 0 Å². The van der Waals surface area contributed by atoms with Gasteiger partial charge >= 0.3 is 0 Å². The summed E-state index contributed by atoms with van der Waals surface area (Å²) in [6.45, 7) is 3.30. The number of hydrogen-bond donors (Lipinski definition) is 1. The molecule has 1 fully saturated rings. The Morgan fingerprint density at radius 3 is 3.00 bits per heavy atom. The molecule has 3 heteroatoms. The molecule has 1 heterocycles. The van der Waals surface area contributed by atoms with E-state index in [9.17, 15) is 0 Å². The Morgan fingerprint density at radius 2 is 2.43 bits per heavy atom. The van der Waals surface area contributed by atoms with Crippen molar-refractivity contribution in [1.82, 2.24) is 14.9 Å². The third-order valence-electron chi connectivity index (χ3n) is 3.27.